The van der Waals surface area contributed by atoms with Crippen LogP contribution in [0.1, 0.15) is 5.56 Å². The Bertz CT molecular complexity index is 714. The summed E-state index contributed by atoms with van der Waals surface area (Å²) in [4.78, 5) is -0.518. The van der Waals surface area contributed by atoms with Crippen LogP contribution in [0, 0.1) is 18.6 Å². The lowest BCUT2D eigenvalue weighted by Gasteiger charge is -2.10. The molecule has 0 aliphatic heterocycles. The van der Waals surface area contributed by atoms with Crippen molar-refractivity contribution in [3.8, 4) is 0 Å². The lowest BCUT2D eigenvalue weighted by Crippen LogP contribution is -2.15. The van der Waals surface area contributed by atoms with Gasteiger partial charge in [-0.15, -0.1) is 0 Å². The standard InChI is InChI=1S/C13H11F2NO2S/c1-9-6-7-10(14)12(8-9)16-19(17,18)13-5-3-2-4-11(13)15/h2-8,16H,1H3. The van der Waals surface area contributed by atoms with E-state index in [4.69, 9.17) is 0 Å². The normalized spacial score (nSPS) is 11.3. The van der Waals surface area contributed by atoms with Crippen molar-refractivity contribution in [2.24, 2.45) is 0 Å². The average molecular weight is 283 g/mol. The van der Waals surface area contributed by atoms with Crippen LogP contribution in [0.25, 0.3) is 0 Å². The number of halogens is 2. The molecule has 19 heavy (non-hydrogen) atoms. The summed E-state index contributed by atoms with van der Waals surface area (Å²) in [7, 11) is -4.15. The molecule has 0 amide bonds. The van der Waals surface area contributed by atoms with Crippen molar-refractivity contribution in [3.63, 3.8) is 0 Å². The molecule has 0 atom stereocenters. The van der Waals surface area contributed by atoms with Crippen molar-refractivity contribution >= 4 is 15.7 Å². The van der Waals surface area contributed by atoms with E-state index in [2.05, 4.69) is 0 Å². The first kappa shape index (κ1) is 13.5. The van der Waals surface area contributed by atoms with Gasteiger partial charge in [-0.1, -0.05) is 18.2 Å². The zero-order chi connectivity index (χ0) is 14.0. The highest BCUT2D eigenvalue weighted by Gasteiger charge is 2.19. The van der Waals surface area contributed by atoms with Crippen LogP contribution in [-0.2, 0) is 10.0 Å². The fourth-order valence-corrected chi connectivity index (χ4v) is 2.72. The molecular formula is C13H11F2NO2S. The summed E-state index contributed by atoms with van der Waals surface area (Å²) < 4.78 is 52.9. The van der Waals surface area contributed by atoms with Crippen molar-refractivity contribution in [1.82, 2.24) is 0 Å². The van der Waals surface area contributed by atoms with E-state index >= 15 is 0 Å². The Kier molecular flexibility index (Phi) is 3.53. The van der Waals surface area contributed by atoms with E-state index in [0.717, 1.165) is 18.2 Å². The molecule has 0 unspecified atom stereocenters. The van der Waals surface area contributed by atoms with E-state index in [1.165, 1.54) is 24.3 Å². The molecule has 6 heteroatoms. The van der Waals surface area contributed by atoms with Gasteiger partial charge in [0.15, 0.2) is 0 Å². The zero-order valence-corrected chi connectivity index (χ0v) is 10.8. The highest BCUT2D eigenvalue weighted by molar-refractivity contribution is 7.92. The number of anilines is 1. The maximum atomic E-state index is 13.5. The van der Waals surface area contributed by atoms with Gasteiger partial charge in [0.25, 0.3) is 10.0 Å². The molecule has 0 bridgehead atoms. The third-order valence-corrected chi connectivity index (χ3v) is 3.89. The van der Waals surface area contributed by atoms with Crippen molar-refractivity contribution in [3.05, 3.63) is 59.7 Å². The Morgan fingerprint density at radius 3 is 2.37 bits per heavy atom. The number of nitrogens with one attached hydrogen (secondary N) is 1. The van der Waals surface area contributed by atoms with E-state index in [1.54, 1.807) is 6.92 Å². The van der Waals surface area contributed by atoms with Crippen LogP contribution in [0.4, 0.5) is 14.5 Å². The Morgan fingerprint density at radius 2 is 1.68 bits per heavy atom. The highest BCUT2D eigenvalue weighted by atomic mass is 32.2. The number of aryl methyl sites for hydroxylation is 1. The SMILES string of the molecule is Cc1ccc(F)c(NS(=O)(=O)c2ccccc2F)c1. The molecule has 0 aliphatic carbocycles. The third kappa shape index (κ3) is 2.90. The minimum atomic E-state index is -4.15. The lowest BCUT2D eigenvalue weighted by molar-refractivity contribution is 0.569. The molecule has 3 nitrogen and oxygen atoms in total. The minimum Gasteiger partial charge on any atom is -0.277 e. The molecule has 0 saturated heterocycles. The van der Waals surface area contributed by atoms with Crippen LogP contribution in [-0.4, -0.2) is 8.42 Å². The third-order valence-electron chi connectivity index (χ3n) is 2.49. The van der Waals surface area contributed by atoms with E-state index in [-0.39, 0.29) is 5.69 Å². The van der Waals surface area contributed by atoms with E-state index in [9.17, 15) is 17.2 Å². The van der Waals surface area contributed by atoms with Crippen molar-refractivity contribution in [1.29, 1.82) is 0 Å². The maximum Gasteiger partial charge on any atom is 0.264 e. The van der Waals surface area contributed by atoms with Crippen molar-refractivity contribution in [2.45, 2.75) is 11.8 Å². The summed E-state index contributed by atoms with van der Waals surface area (Å²) in [6.45, 7) is 1.69. The summed E-state index contributed by atoms with van der Waals surface area (Å²) in [5.41, 5.74) is 0.482. The Balaban J connectivity index is 2.43. The van der Waals surface area contributed by atoms with Crippen LogP contribution < -0.4 is 4.72 Å². The number of sulfonamides is 1. The second-order valence-corrected chi connectivity index (χ2v) is 5.67. The highest BCUT2D eigenvalue weighted by Crippen LogP contribution is 2.21. The molecule has 2 aromatic rings. The molecule has 0 spiro atoms. The predicted octanol–water partition coefficient (Wildman–Crippen LogP) is 3.07. The van der Waals surface area contributed by atoms with Gasteiger partial charge in [0.05, 0.1) is 5.69 Å². The van der Waals surface area contributed by atoms with Gasteiger partial charge >= 0.3 is 0 Å². The Hall–Kier alpha value is -1.95. The summed E-state index contributed by atoms with van der Waals surface area (Å²) in [6.07, 6.45) is 0. The van der Waals surface area contributed by atoms with Gasteiger partial charge in [0, 0.05) is 0 Å². The summed E-state index contributed by atoms with van der Waals surface area (Å²) in [5.74, 6) is -1.60. The maximum absolute atomic E-state index is 13.5. The van der Waals surface area contributed by atoms with Crippen LogP contribution in [0.2, 0.25) is 0 Å². The van der Waals surface area contributed by atoms with Gasteiger partial charge in [0.1, 0.15) is 16.5 Å². The molecule has 0 fully saturated rings. The van der Waals surface area contributed by atoms with Crippen LogP contribution in [0.15, 0.2) is 47.4 Å². The number of hydrogen-bond acceptors (Lipinski definition) is 2. The average Bonchev–Trinajstić information content (AvgIpc) is 2.34. The molecule has 100 valence electrons. The van der Waals surface area contributed by atoms with Crippen LogP contribution in [0.5, 0.6) is 0 Å². The second-order valence-electron chi connectivity index (χ2n) is 4.02. The minimum absolute atomic E-state index is 0.205. The first-order valence-corrected chi connectivity index (χ1v) is 6.92. The van der Waals surface area contributed by atoms with Crippen molar-refractivity contribution in [2.75, 3.05) is 4.72 Å². The molecule has 0 heterocycles. The van der Waals surface area contributed by atoms with Gasteiger partial charge in [-0.05, 0) is 36.8 Å². The summed E-state index contributed by atoms with van der Waals surface area (Å²) in [6, 6.07) is 8.91. The zero-order valence-electron chi connectivity index (χ0n) is 10.0. The molecule has 1 N–H and O–H groups in total. The van der Waals surface area contributed by atoms with Gasteiger partial charge in [-0.3, -0.25) is 4.72 Å². The largest absolute Gasteiger partial charge is 0.277 e. The van der Waals surface area contributed by atoms with E-state index in [1.807, 2.05) is 4.72 Å². The smallest absolute Gasteiger partial charge is 0.264 e. The fraction of sp³-hybridized carbons (Fsp3) is 0.0769. The molecule has 0 aromatic heterocycles. The molecule has 2 rings (SSSR count). The van der Waals surface area contributed by atoms with Crippen LogP contribution in [0.3, 0.4) is 0 Å². The van der Waals surface area contributed by atoms with Gasteiger partial charge < -0.3 is 0 Å². The second kappa shape index (κ2) is 4.97. The Labute approximate surface area is 109 Å². The molecule has 2 aromatic carbocycles. The summed E-state index contributed by atoms with van der Waals surface area (Å²) in [5, 5.41) is 0. The molecule has 0 aliphatic rings. The fourth-order valence-electron chi connectivity index (χ4n) is 1.58. The van der Waals surface area contributed by atoms with Crippen molar-refractivity contribution < 1.29 is 17.2 Å². The number of hydrogen-bond donors (Lipinski definition) is 1. The molecule has 0 saturated carbocycles. The monoisotopic (exact) mass is 283 g/mol. The van der Waals surface area contributed by atoms with E-state index < -0.39 is 26.6 Å². The predicted molar refractivity (Wildman–Crippen MR) is 68.3 cm³/mol. The molecule has 0 radical (unpaired) electrons. The van der Waals surface area contributed by atoms with Gasteiger partial charge in [0.2, 0.25) is 0 Å². The quantitative estimate of drug-likeness (QED) is 0.941. The van der Waals surface area contributed by atoms with E-state index in [0.29, 0.717) is 5.56 Å². The van der Waals surface area contributed by atoms with Crippen LogP contribution >= 0.6 is 0 Å². The summed E-state index contributed by atoms with van der Waals surface area (Å²) >= 11 is 0. The van der Waals surface area contributed by atoms with Gasteiger partial charge in [-0.25, -0.2) is 17.2 Å². The number of benzene rings is 2. The van der Waals surface area contributed by atoms with Gasteiger partial charge in [-0.2, -0.15) is 0 Å². The molecular weight excluding hydrogens is 272 g/mol. The Morgan fingerprint density at radius 1 is 1.00 bits per heavy atom. The first-order valence-electron chi connectivity index (χ1n) is 5.43. The first-order chi connectivity index (χ1) is 8.90. The topological polar surface area (TPSA) is 46.2 Å². The number of rotatable bonds is 3. The lowest BCUT2D eigenvalue weighted by atomic mass is 10.2.